The van der Waals surface area contributed by atoms with Crippen molar-refractivity contribution in [3.63, 3.8) is 0 Å². The van der Waals surface area contributed by atoms with Crippen molar-refractivity contribution in [1.82, 2.24) is 14.5 Å². The van der Waals surface area contributed by atoms with E-state index in [1.165, 1.54) is 41.0 Å². The smallest absolute Gasteiger partial charge is 0.266 e. The zero-order chi connectivity index (χ0) is 26.0. The van der Waals surface area contributed by atoms with E-state index in [1.54, 1.807) is 35.2 Å². The van der Waals surface area contributed by atoms with Gasteiger partial charge in [0.15, 0.2) is 0 Å². The molecule has 1 amide bonds. The van der Waals surface area contributed by atoms with Gasteiger partial charge in [0.05, 0.1) is 33.2 Å². The van der Waals surface area contributed by atoms with Crippen LogP contribution in [0.2, 0.25) is 5.02 Å². The predicted octanol–water partition coefficient (Wildman–Crippen LogP) is 6.57. The van der Waals surface area contributed by atoms with Gasteiger partial charge in [-0.05, 0) is 54.8 Å². The Bertz CT molecular complexity index is 1490. The molecule has 0 aliphatic rings. The minimum Gasteiger partial charge on any atom is -0.328 e. The number of para-hydroxylation sites is 1. The Morgan fingerprint density at radius 3 is 2.39 bits per heavy atom. The third kappa shape index (κ3) is 4.88. The molecule has 0 saturated heterocycles. The summed E-state index contributed by atoms with van der Waals surface area (Å²) < 4.78 is 30.0. The Morgan fingerprint density at radius 2 is 1.72 bits per heavy atom. The summed E-state index contributed by atoms with van der Waals surface area (Å²) in [5, 5.41) is 0.223. The van der Waals surface area contributed by atoms with Crippen molar-refractivity contribution in [2.24, 2.45) is 5.92 Å². The summed E-state index contributed by atoms with van der Waals surface area (Å²) in [4.78, 5) is 33.8. The molecule has 3 aromatic carbocycles. The van der Waals surface area contributed by atoms with Gasteiger partial charge in [0, 0.05) is 6.54 Å². The van der Waals surface area contributed by atoms with Gasteiger partial charge in [-0.1, -0.05) is 56.6 Å². The second kappa shape index (κ2) is 10.6. The number of hydrogen-bond acceptors (Lipinski definition) is 3. The highest BCUT2D eigenvalue weighted by Crippen LogP contribution is 2.29. The normalized spacial score (nSPS) is 12.2. The molecule has 4 aromatic rings. The molecule has 4 rings (SSSR count). The summed E-state index contributed by atoms with van der Waals surface area (Å²) in [6.45, 7) is 6.08. The number of carbonyl (C=O) groups is 1. The molecule has 0 aliphatic heterocycles. The third-order valence-corrected chi connectivity index (χ3v) is 6.24. The summed E-state index contributed by atoms with van der Waals surface area (Å²) >= 11 is 6.06. The first-order valence-electron chi connectivity index (χ1n) is 11.8. The van der Waals surface area contributed by atoms with Crippen LogP contribution >= 0.6 is 11.6 Å². The monoisotopic (exact) mass is 509 g/mol. The van der Waals surface area contributed by atoms with Gasteiger partial charge in [-0.15, -0.1) is 0 Å². The van der Waals surface area contributed by atoms with Crippen molar-refractivity contribution >= 4 is 28.4 Å². The van der Waals surface area contributed by atoms with Crippen LogP contribution in [0.15, 0.2) is 71.5 Å². The fourth-order valence-corrected chi connectivity index (χ4v) is 4.50. The maximum Gasteiger partial charge on any atom is 0.266 e. The van der Waals surface area contributed by atoms with E-state index in [-0.39, 0.29) is 27.9 Å². The van der Waals surface area contributed by atoms with Gasteiger partial charge in [0.1, 0.15) is 17.5 Å². The largest absolute Gasteiger partial charge is 0.328 e. The average Bonchev–Trinajstić information content (AvgIpc) is 2.85. The number of rotatable bonds is 7. The topological polar surface area (TPSA) is 55.2 Å². The zero-order valence-corrected chi connectivity index (χ0v) is 21.0. The predicted molar refractivity (Wildman–Crippen MR) is 138 cm³/mol. The average molecular weight is 510 g/mol. The molecule has 0 spiro atoms. The van der Waals surface area contributed by atoms with Gasteiger partial charge < -0.3 is 4.90 Å². The van der Waals surface area contributed by atoms with E-state index in [4.69, 9.17) is 16.6 Å². The van der Waals surface area contributed by atoms with Gasteiger partial charge >= 0.3 is 0 Å². The Labute approximate surface area is 213 Å². The highest BCUT2D eigenvalue weighted by molar-refractivity contribution is 6.30. The van der Waals surface area contributed by atoms with Crippen molar-refractivity contribution in [3.05, 3.63) is 105 Å². The summed E-state index contributed by atoms with van der Waals surface area (Å²) in [7, 11) is 0. The molecule has 1 heterocycles. The summed E-state index contributed by atoms with van der Waals surface area (Å²) in [5.41, 5.74) is 0.347. The maximum absolute atomic E-state index is 14.6. The zero-order valence-electron chi connectivity index (χ0n) is 20.2. The van der Waals surface area contributed by atoms with Crippen LogP contribution in [-0.4, -0.2) is 26.9 Å². The number of amides is 1. The van der Waals surface area contributed by atoms with E-state index in [0.717, 1.165) is 0 Å². The fourth-order valence-electron chi connectivity index (χ4n) is 4.32. The number of fused-ring (bicyclic) bond motifs is 1. The Balaban J connectivity index is 1.99. The molecule has 0 bridgehead atoms. The van der Waals surface area contributed by atoms with E-state index in [9.17, 15) is 18.4 Å². The molecule has 36 heavy (non-hydrogen) atoms. The van der Waals surface area contributed by atoms with E-state index >= 15 is 0 Å². The number of nitrogens with zero attached hydrogens (tertiary/aromatic N) is 3. The number of benzene rings is 3. The van der Waals surface area contributed by atoms with Crippen molar-refractivity contribution in [2.45, 2.75) is 33.2 Å². The van der Waals surface area contributed by atoms with Crippen molar-refractivity contribution in [3.8, 4) is 5.69 Å². The molecule has 1 atom stereocenters. The van der Waals surface area contributed by atoms with E-state index in [2.05, 4.69) is 0 Å². The minimum absolute atomic E-state index is 0.0515. The molecule has 0 radical (unpaired) electrons. The number of halogens is 3. The second-order valence-corrected chi connectivity index (χ2v) is 9.39. The van der Waals surface area contributed by atoms with Crippen molar-refractivity contribution < 1.29 is 13.6 Å². The van der Waals surface area contributed by atoms with Gasteiger partial charge in [0.2, 0.25) is 0 Å². The summed E-state index contributed by atoms with van der Waals surface area (Å²) in [6.07, 6.45) is 0.395. The van der Waals surface area contributed by atoms with Crippen LogP contribution < -0.4 is 5.56 Å². The van der Waals surface area contributed by atoms with Crippen molar-refractivity contribution in [1.29, 1.82) is 0 Å². The quantitative estimate of drug-likeness (QED) is 0.283. The SMILES string of the molecule is CCC(c1nc2ccccc2c(=O)n1-c1ccc(F)c(Cl)c1)N(CC(C)C)C(=O)c1ccccc1F. The maximum atomic E-state index is 14.6. The van der Waals surface area contributed by atoms with Crippen LogP contribution in [-0.2, 0) is 0 Å². The molecule has 1 unspecified atom stereocenters. The number of aromatic nitrogens is 2. The van der Waals surface area contributed by atoms with Crippen LogP contribution in [0.3, 0.4) is 0 Å². The van der Waals surface area contributed by atoms with Crippen molar-refractivity contribution in [2.75, 3.05) is 6.54 Å². The molecule has 0 fully saturated rings. The molecule has 1 aromatic heterocycles. The fraction of sp³-hybridized carbons (Fsp3) is 0.250. The molecular formula is C28H26ClF2N3O2. The summed E-state index contributed by atoms with van der Waals surface area (Å²) in [5.74, 6) is -1.41. The first kappa shape index (κ1) is 25.5. The molecule has 186 valence electrons. The van der Waals surface area contributed by atoms with Gasteiger partial charge in [-0.3, -0.25) is 14.2 Å². The first-order chi connectivity index (χ1) is 17.2. The van der Waals surface area contributed by atoms with Crippen LogP contribution in [0.4, 0.5) is 8.78 Å². The minimum atomic E-state index is -0.680. The van der Waals surface area contributed by atoms with E-state index in [0.29, 0.717) is 29.6 Å². The van der Waals surface area contributed by atoms with Crippen LogP contribution in [0.1, 0.15) is 49.4 Å². The standard InChI is InChI=1S/C28H26ClF2N3O2/c1-4-25(33(16-17(2)3)27(35)19-9-5-7-11-22(19)30)26-32-24-12-8-6-10-20(24)28(36)34(26)18-13-14-23(31)21(29)15-18/h5-15,17,25H,4,16H2,1-3H3. The lowest BCUT2D eigenvalue weighted by Crippen LogP contribution is -2.40. The molecular weight excluding hydrogens is 484 g/mol. The second-order valence-electron chi connectivity index (χ2n) is 8.98. The van der Waals surface area contributed by atoms with Gasteiger partial charge in [0.25, 0.3) is 11.5 Å². The highest BCUT2D eigenvalue weighted by Gasteiger charge is 2.31. The lowest BCUT2D eigenvalue weighted by molar-refractivity contribution is 0.0626. The third-order valence-electron chi connectivity index (χ3n) is 5.95. The Kier molecular flexibility index (Phi) is 7.50. The van der Waals surface area contributed by atoms with Gasteiger partial charge in [-0.25, -0.2) is 13.8 Å². The van der Waals surface area contributed by atoms with Crippen LogP contribution in [0, 0.1) is 17.6 Å². The van der Waals surface area contributed by atoms with Gasteiger partial charge in [-0.2, -0.15) is 0 Å². The lowest BCUT2D eigenvalue weighted by Gasteiger charge is -2.33. The molecule has 0 aliphatic carbocycles. The Hall–Kier alpha value is -3.58. The number of carbonyl (C=O) groups excluding carboxylic acids is 1. The van der Waals surface area contributed by atoms with Crippen LogP contribution in [0.25, 0.3) is 16.6 Å². The molecule has 5 nitrogen and oxygen atoms in total. The lowest BCUT2D eigenvalue weighted by atomic mass is 10.0. The van der Waals surface area contributed by atoms with E-state index in [1.807, 2.05) is 20.8 Å². The highest BCUT2D eigenvalue weighted by atomic mass is 35.5. The van der Waals surface area contributed by atoms with E-state index < -0.39 is 23.6 Å². The first-order valence-corrected chi connectivity index (χ1v) is 12.1. The molecule has 0 N–H and O–H groups in total. The van der Waals surface area contributed by atoms with Crippen LogP contribution in [0.5, 0.6) is 0 Å². The summed E-state index contributed by atoms with van der Waals surface area (Å²) in [6, 6.07) is 16.0. The Morgan fingerprint density at radius 1 is 1.03 bits per heavy atom. The molecule has 0 saturated carbocycles. The molecule has 8 heteroatoms. The number of hydrogen-bond donors (Lipinski definition) is 0.